The van der Waals surface area contributed by atoms with Gasteiger partial charge < -0.3 is 9.64 Å². The summed E-state index contributed by atoms with van der Waals surface area (Å²) in [4.78, 5) is 25.5. The highest BCUT2D eigenvalue weighted by molar-refractivity contribution is 5.98. The fourth-order valence-electron chi connectivity index (χ4n) is 2.41. The number of hydrogen-bond acceptors (Lipinski definition) is 3. The summed E-state index contributed by atoms with van der Waals surface area (Å²) >= 11 is 0. The Hall–Kier alpha value is -2.90. The lowest BCUT2D eigenvalue weighted by atomic mass is 10.1. The Labute approximate surface area is 153 Å². The zero-order valence-electron chi connectivity index (χ0n) is 14.4. The molecule has 0 aliphatic heterocycles. The first-order valence-corrected chi connectivity index (χ1v) is 8.08. The molecular formula is C19H17F4NO3. The molecule has 0 saturated carbocycles. The molecule has 0 aromatic heterocycles. The van der Waals surface area contributed by atoms with Gasteiger partial charge in [-0.1, -0.05) is 18.2 Å². The molecule has 0 heterocycles. The SMILES string of the molecule is CCOC(=O)CN(C(=O)Cc1cccc(C(F)(F)F)c1)c1ccc(F)cc1. The molecule has 0 radical (unpaired) electrons. The Bertz CT molecular complexity index is 803. The topological polar surface area (TPSA) is 46.6 Å². The van der Waals surface area contributed by atoms with Crippen molar-refractivity contribution < 1.29 is 31.9 Å². The van der Waals surface area contributed by atoms with E-state index in [1.54, 1.807) is 6.92 Å². The molecule has 0 aliphatic rings. The maximum atomic E-state index is 13.1. The van der Waals surface area contributed by atoms with Crippen LogP contribution in [0.5, 0.6) is 0 Å². The lowest BCUT2D eigenvalue weighted by Crippen LogP contribution is -2.37. The second-order valence-corrected chi connectivity index (χ2v) is 5.64. The summed E-state index contributed by atoms with van der Waals surface area (Å²) in [5.41, 5.74) is -0.487. The standard InChI is InChI=1S/C19H17F4NO3/c1-2-27-18(26)12-24(16-8-6-15(20)7-9-16)17(25)11-13-4-3-5-14(10-13)19(21,22)23/h3-10H,2,11-12H2,1H3. The second kappa shape index (κ2) is 8.66. The lowest BCUT2D eigenvalue weighted by molar-refractivity contribution is -0.142. The van der Waals surface area contributed by atoms with Gasteiger partial charge in [0.25, 0.3) is 0 Å². The van der Waals surface area contributed by atoms with E-state index >= 15 is 0 Å². The van der Waals surface area contributed by atoms with Crippen LogP contribution < -0.4 is 4.90 Å². The first-order valence-electron chi connectivity index (χ1n) is 8.08. The maximum absolute atomic E-state index is 13.1. The Morgan fingerprint density at radius 1 is 1.07 bits per heavy atom. The highest BCUT2D eigenvalue weighted by Gasteiger charge is 2.30. The van der Waals surface area contributed by atoms with E-state index in [1.165, 1.54) is 24.3 Å². The molecule has 1 amide bonds. The number of hydrogen-bond donors (Lipinski definition) is 0. The zero-order valence-corrected chi connectivity index (χ0v) is 14.4. The molecule has 2 aromatic rings. The summed E-state index contributed by atoms with van der Waals surface area (Å²) in [7, 11) is 0. The van der Waals surface area contributed by atoms with Crippen LogP contribution in [-0.4, -0.2) is 25.0 Å². The Balaban J connectivity index is 2.25. The van der Waals surface area contributed by atoms with Gasteiger partial charge in [-0.2, -0.15) is 13.2 Å². The van der Waals surface area contributed by atoms with E-state index < -0.39 is 36.0 Å². The van der Waals surface area contributed by atoms with Crippen molar-refractivity contribution in [3.05, 3.63) is 65.5 Å². The van der Waals surface area contributed by atoms with Gasteiger partial charge in [-0.25, -0.2) is 4.39 Å². The number of carbonyl (C=O) groups excluding carboxylic acids is 2. The number of halogens is 4. The third kappa shape index (κ3) is 5.80. The van der Waals surface area contributed by atoms with Crippen LogP contribution in [0, 0.1) is 5.82 Å². The van der Waals surface area contributed by atoms with E-state index in [1.807, 2.05) is 0 Å². The number of rotatable bonds is 6. The van der Waals surface area contributed by atoms with E-state index in [0.717, 1.165) is 29.2 Å². The highest BCUT2D eigenvalue weighted by atomic mass is 19.4. The lowest BCUT2D eigenvalue weighted by Gasteiger charge is -2.22. The molecule has 0 fully saturated rings. The molecule has 0 saturated heterocycles. The normalized spacial score (nSPS) is 11.1. The van der Waals surface area contributed by atoms with Crippen molar-refractivity contribution in [2.24, 2.45) is 0 Å². The number of ether oxygens (including phenoxy) is 1. The Morgan fingerprint density at radius 3 is 2.33 bits per heavy atom. The number of amides is 1. The Morgan fingerprint density at radius 2 is 1.74 bits per heavy atom. The van der Waals surface area contributed by atoms with Crippen molar-refractivity contribution in [1.82, 2.24) is 0 Å². The quantitative estimate of drug-likeness (QED) is 0.560. The first-order chi connectivity index (χ1) is 12.7. The summed E-state index contributed by atoms with van der Waals surface area (Å²) in [6.07, 6.45) is -4.89. The molecule has 144 valence electrons. The minimum absolute atomic E-state index is 0.109. The summed E-state index contributed by atoms with van der Waals surface area (Å²) < 4.78 is 56.5. The van der Waals surface area contributed by atoms with Crippen molar-refractivity contribution in [3.63, 3.8) is 0 Å². The molecule has 0 aliphatic carbocycles. The van der Waals surface area contributed by atoms with Crippen molar-refractivity contribution in [2.75, 3.05) is 18.1 Å². The number of carbonyl (C=O) groups is 2. The van der Waals surface area contributed by atoms with Gasteiger partial charge in [-0.15, -0.1) is 0 Å². The van der Waals surface area contributed by atoms with Gasteiger partial charge in [0.1, 0.15) is 12.4 Å². The molecule has 2 aromatic carbocycles. The van der Waals surface area contributed by atoms with Gasteiger partial charge in [0.2, 0.25) is 5.91 Å². The summed E-state index contributed by atoms with van der Waals surface area (Å²) in [6, 6.07) is 9.22. The number of nitrogens with zero attached hydrogens (tertiary/aromatic N) is 1. The number of alkyl halides is 3. The third-order valence-electron chi connectivity index (χ3n) is 3.64. The Kier molecular flexibility index (Phi) is 6.55. The molecular weight excluding hydrogens is 366 g/mol. The van der Waals surface area contributed by atoms with Gasteiger partial charge in [0, 0.05) is 5.69 Å². The van der Waals surface area contributed by atoms with Crippen molar-refractivity contribution >= 4 is 17.6 Å². The molecule has 0 unspecified atom stereocenters. The van der Waals surface area contributed by atoms with E-state index in [4.69, 9.17) is 4.74 Å². The molecule has 0 N–H and O–H groups in total. The van der Waals surface area contributed by atoms with Crippen LogP contribution >= 0.6 is 0 Å². The average molecular weight is 383 g/mol. The second-order valence-electron chi connectivity index (χ2n) is 5.64. The van der Waals surface area contributed by atoms with Gasteiger partial charge in [0.05, 0.1) is 18.6 Å². The zero-order chi connectivity index (χ0) is 20.0. The summed E-state index contributed by atoms with van der Waals surface area (Å²) in [6.45, 7) is 1.28. The highest BCUT2D eigenvalue weighted by Crippen LogP contribution is 2.29. The largest absolute Gasteiger partial charge is 0.465 e. The minimum atomic E-state index is -4.53. The molecule has 2 rings (SSSR count). The van der Waals surface area contributed by atoms with Crippen LogP contribution in [0.3, 0.4) is 0 Å². The van der Waals surface area contributed by atoms with E-state index in [2.05, 4.69) is 0 Å². The van der Waals surface area contributed by atoms with Crippen LogP contribution in [0.4, 0.5) is 23.2 Å². The van der Waals surface area contributed by atoms with Crippen LogP contribution in [-0.2, 0) is 26.9 Å². The minimum Gasteiger partial charge on any atom is -0.465 e. The van der Waals surface area contributed by atoms with Crippen LogP contribution in [0.25, 0.3) is 0 Å². The van der Waals surface area contributed by atoms with Crippen molar-refractivity contribution in [3.8, 4) is 0 Å². The molecule has 27 heavy (non-hydrogen) atoms. The smallest absolute Gasteiger partial charge is 0.416 e. The van der Waals surface area contributed by atoms with Gasteiger partial charge >= 0.3 is 12.1 Å². The molecule has 0 spiro atoms. The van der Waals surface area contributed by atoms with Crippen LogP contribution in [0.1, 0.15) is 18.1 Å². The molecule has 8 heteroatoms. The van der Waals surface area contributed by atoms with Crippen LogP contribution in [0.15, 0.2) is 48.5 Å². The van der Waals surface area contributed by atoms with Gasteiger partial charge in [-0.3, -0.25) is 9.59 Å². The summed E-state index contributed by atoms with van der Waals surface area (Å²) in [5, 5.41) is 0. The molecule has 0 atom stereocenters. The molecule has 4 nitrogen and oxygen atoms in total. The first kappa shape index (κ1) is 20.4. The third-order valence-corrected chi connectivity index (χ3v) is 3.64. The van der Waals surface area contributed by atoms with E-state index in [0.29, 0.717) is 0 Å². The average Bonchev–Trinajstić information content (AvgIpc) is 2.60. The predicted molar refractivity (Wildman–Crippen MR) is 90.5 cm³/mol. The summed E-state index contributed by atoms with van der Waals surface area (Å²) in [5.74, 6) is -1.83. The maximum Gasteiger partial charge on any atom is 0.416 e. The number of benzene rings is 2. The monoisotopic (exact) mass is 383 g/mol. The van der Waals surface area contributed by atoms with Crippen LogP contribution in [0.2, 0.25) is 0 Å². The van der Waals surface area contributed by atoms with Gasteiger partial charge in [0.15, 0.2) is 0 Å². The van der Waals surface area contributed by atoms with Gasteiger partial charge in [-0.05, 0) is 42.8 Å². The van der Waals surface area contributed by atoms with Crippen molar-refractivity contribution in [2.45, 2.75) is 19.5 Å². The van der Waals surface area contributed by atoms with E-state index in [-0.39, 0.29) is 24.3 Å². The predicted octanol–water partition coefficient (Wildman–Crippen LogP) is 3.98. The number of esters is 1. The number of anilines is 1. The fraction of sp³-hybridized carbons (Fsp3) is 0.263. The van der Waals surface area contributed by atoms with E-state index in [9.17, 15) is 27.2 Å². The molecule has 0 bridgehead atoms. The van der Waals surface area contributed by atoms with Crippen molar-refractivity contribution in [1.29, 1.82) is 0 Å². The fourth-order valence-corrected chi connectivity index (χ4v) is 2.41.